The minimum atomic E-state index is 0.617. The number of benzene rings is 1. The van der Waals surface area contributed by atoms with E-state index in [9.17, 15) is 0 Å². The molecule has 6 nitrogen and oxygen atoms in total. The van der Waals surface area contributed by atoms with Gasteiger partial charge in [0, 0.05) is 38.1 Å². The number of rotatable bonds is 6. The number of aryl methyl sites for hydroxylation is 3. The van der Waals surface area contributed by atoms with Crippen LogP contribution in [0, 0.1) is 20.8 Å². The number of aromatic nitrogens is 2. The fourth-order valence-electron chi connectivity index (χ4n) is 3.17. The van der Waals surface area contributed by atoms with Crippen LogP contribution >= 0.6 is 0 Å². The Hall–Kier alpha value is -2.18. The first kappa shape index (κ1) is 17.6. The predicted octanol–water partition coefficient (Wildman–Crippen LogP) is 2.89. The van der Waals surface area contributed by atoms with Crippen molar-refractivity contribution < 1.29 is 4.74 Å². The molecule has 0 saturated carbocycles. The Bertz CT molecular complexity index is 690. The molecule has 1 saturated heterocycles. The van der Waals surface area contributed by atoms with Crippen LogP contribution in [0.15, 0.2) is 24.4 Å². The highest BCUT2D eigenvalue weighted by Gasteiger charge is 2.10. The first-order valence-corrected chi connectivity index (χ1v) is 8.84. The number of hydrogen-bond acceptors (Lipinski definition) is 6. The average molecular weight is 341 g/mol. The Kier molecular flexibility index (Phi) is 5.83. The smallest absolute Gasteiger partial charge is 0.229 e. The molecule has 3 rings (SSSR count). The summed E-state index contributed by atoms with van der Waals surface area (Å²) < 4.78 is 5.37. The van der Waals surface area contributed by atoms with Crippen molar-refractivity contribution in [3.63, 3.8) is 0 Å². The molecule has 0 amide bonds. The lowest BCUT2D eigenvalue weighted by Gasteiger charge is -2.26. The second-order valence-electron chi connectivity index (χ2n) is 6.54. The molecule has 1 aromatic carbocycles. The molecule has 1 aliphatic heterocycles. The molecular formula is C19H27N5O. The third-order valence-electron chi connectivity index (χ3n) is 4.41. The van der Waals surface area contributed by atoms with Gasteiger partial charge in [0.2, 0.25) is 5.95 Å². The number of nitrogens with one attached hydrogen (secondary N) is 2. The van der Waals surface area contributed by atoms with Crippen LogP contribution < -0.4 is 10.6 Å². The molecule has 0 bridgehead atoms. The molecule has 0 spiro atoms. The van der Waals surface area contributed by atoms with Crippen molar-refractivity contribution in [3.05, 3.63) is 41.1 Å². The van der Waals surface area contributed by atoms with E-state index in [0.29, 0.717) is 5.95 Å². The maximum absolute atomic E-state index is 5.37. The molecule has 25 heavy (non-hydrogen) atoms. The van der Waals surface area contributed by atoms with Gasteiger partial charge in [-0.1, -0.05) is 17.7 Å². The van der Waals surface area contributed by atoms with E-state index in [4.69, 9.17) is 4.74 Å². The minimum absolute atomic E-state index is 0.617. The van der Waals surface area contributed by atoms with E-state index in [1.54, 1.807) is 6.20 Å². The fraction of sp³-hybridized carbons (Fsp3) is 0.474. The summed E-state index contributed by atoms with van der Waals surface area (Å²) >= 11 is 0. The van der Waals surface area contributed by atoms with Crippen molar-refractivity contribution in [1.82, 2.24) is 14.9 Å². The zero-order valence-corrected chi connectivity index (χ0v) is 15.3. The molecule has 2 aromatic rings. The van der Waals surface area contributed by atoms with Gasteiger partial charge in [-0.2, -0.15) is 4.98 Å². The highest BCUT2D eigenvalue weighted by atomic mass is 16.5. The van der Waals surface area contributed by atoms with E-state index in [2.05, 4.69) is 58.4 Å². The summed E-state index contributed by atoms with van der Waals surface area (Å²) in [5.41, 5.74) is 4.75. The van der Waals surface area contributed by atoms with Gasteiger partial charge in [0.15, 0.2) is 0 Å². The molecule has 0 atom stereocenters. The SMILES string of the molecule is Cc1cc(C)c(Nc2nccc(NCCN3CCOCC3)n2)c(C)c1. The third kappa shape index (κ3) is 4.90. The van der Waals surface area contributed by atoms with Crippen molar-refractivity contribution in [2.45, 2.75) is 20.8 Å². The molecule has 2 N–H and O–H groups in total. The van der Waals surface area contributed by atoms with E-state index >= 15 is 0 Å². The maximum atomic E-state index is 5.37. The third-order valence-corrected chi connectivity index (χ3v) is 4.41. The lowest BCUT2D eigenvalue weighted by atomic mass is 10.1. The molecule has 1 aliphatic rings. The summed E-state index contributed by atoms with van der Waals surface area (Å²) in [5, 5.41) is 6.74. The lowest BCUT2D eigenvalue weighted by Crippen LogP contribution is -2.39. The molecule has 2 heterocycles. The summed E-state index contributed by atoms with van der Waals surface area (Å²) in [4.78, 5) is 11.3. The highest BCUT2D eigenvalue weighted by molar-refractivity contribution is 5.64. The number of nitrogens with zero attached hydrogens (tertiary/aromatic N) is 3. The zero-order valence-electron chi connectivity index (χ0n) is 15.3. The molecule has 1 fully saturated rings. The second-order valence-corrected chi connectivity index (χ2v) is 6.54. The summed E-state index contributed by atoms with van der Waals surface area (Å²) in [5.74, 6) is 1.46. The summed E-state index contributed by atoms with van der Waals surface area (Å²) in [6.45, 7) is 11.8. The van der Waals surface area contributed by atoms with Crippen molar-refractivity contribution >= 4 is 17.5 Å². The van der Waals surface area contributed by atoms with Gasteiger partial charge in [0.1, 0.15) is 5.82 Å². The topological polar surface area (TPSA) is 62.3 Å². The van der Waals surface area contributed by atoms with Gasteiger partial charge < -0.3 is 15.4 Å². The average Bonchev–Trinajstić information content (AvgIpc) is 2.59. The quantitative estimate of drug-likeness (QED) is 0.842. The summed E-state index contributed by atoms with van der Waals surface area (Å²) in [7, 11) is 0. The standard InChI is InChI=1S/C19H27N5O/c1-14-12-15(2)18(16(3)13-14)23-19-21-5-4-17(22-19)20-6-7-24-8-10-25-11-9-24/h4-5,12-13H,6-11H2,1-3H3,(H2,20,21,22,23). The van der Waals surface area contributed by atoms with Crippen LogP contribution in [0.5, 0.6) is 0 Å². The number of anilines is 3. The van der Waals surface area contributed by atoms with Crippen LogP contribution in [0.2, 0.25) is 0 Å². The molecular weight excluding hydrogens is 314 g/mol. The van der Waals surface area contributed by atoms with E-state index in [1.165, 1.54) is 16.7 Å². The molecule has 0 unspecified atom stereocenters. The largest absolute Gasteiger partial charge is 0.379 e. The Labute approximate surface area is 149 Å². The van der Waals surface area contributed by atoms with Gasteiger partial charge in [-0.15, -0.1) is 0 Å². The second kappa shape index (κ2) is 8.27. The van der Waals surface area contributed by atoms with Crippen molar-refractivity contribution in [1.29, 1.82) is 0 Å². The van der Waals surface area contributed by atoms with Crippen LogP contribution in [0.1, 0.15) is 16.7 Å². The van der Waals surface area contributed by atoms with Crippen molar-refractivity contribution in [3.8, 4) is 0 Å². The van der Waals surface area contributed by atoms with Crippen LogP contribution in [0.4, 0.5) is 17.5 Å². The van der Waals surface area contributed by atoms with Crippen LogP contribution in [-0.2, 0) is 4.74 Å². The Morgan fingerprint density at radius 3 is 2.56 bits per heavy atom. The lowest BCUT2D eigenvalue weighted by molar-refractivity contribution is 0.0398. The van der Waals surface area contributed by atoms with Crippen LogP contribution in [0.25, 0.3) is 0 Å². The highest BCUT2D eigenvalue weighted by Crippen LogP contribution is 2.24. The minimum Gasteiger partial charge on any atom is -0.379 e. The number of hydrogen-bond donors (Lipinski definition) is 2. The summed E-state index contributed by atoms with van der Waals surface area (Å²) in [6, 6.07) is 6.24. The van der Waals surface area contributed by atoms with Gasteiger partial charge in [-0.25, -0.2) is 4.98 Å². The van der Waals surface area contributed by atoms with E-state index in [-0.39, 0.29) is 0 Å². The van der Waals surface area contributed by atoms with Gasteiger partial charge >= 0.3 is 0 Å². The number of ether oxygens (including phenoxy) is 1. The Balaban J connectivity index is 1.59. The van der Waals surface area contributed by atoms with E-state index < -0.39 is 0 Å². The maximum Gasteiger partial charge on any atom is 0.229 e. The van der Waals surface area contributed by atoms with Crippen molar-refractivity contribution in [2.24, 2.45) is 0 Å². The Morgan fingerprint density at radius 2 is 1.84 bits per heavy atom. The Morgan fingerprint density at radius 1 is 1.12 bits per heavy atom. The van der Waals surface area contributed by atoms with E-state index in [0.717, 1.165) is 50.9 Å². The van der Waals surface area contributed by atoms with Crippen LogP contribution in [-0.4, -0.2) is 54.3 Å². The first-order valence-electron chi connectivity index (χ1n) is 8.84. The monoisotopic (exact) mass is 341 g/mol. The van der Waals surface area contributed by atoms with Crippen molar-refractivity contribution in [2.75, 3.05) is 50.0 Å². The van der Waals surface area contributed by atoms with Gasteiger partial charge in [-0.05, 0) is 38.0 Å². The normalized spacial score (nSPS) is 15.2. The molecule has 6 heteroatoms. The predicted molar refractivity (Wildman–Crippen MR) is 102 cm³/mol. The van der Waals surface area contributed by atoms with Gasteiger partial charge in [0.25, 0.3) is 0 Å². The van der Waals surface area contributed by atoms with Gasteiger partial charge in [0.05, 0.1) is 13.2 Å². The molecule has 134 valence electrons. The number of morpholine rings is 1. The first-order chi connectivity index (χ1) is 12.1. The van der Waals surface area contributed by atoms with Crippen LogP contribution in [0.3, 0.4) is 0 Å². The zero-order chi connectivity index (χ0) is 17.6. The van der Waals surface area contributed by atoms with E-state index in [1.807, 2.05) is 6.07 Å². The fourth-order valence-corrected chi connectivity index (χ4v) is 3.17. The molecule has 0 radical (unpaired) electrons. The summed E-state index contributed by atoms with van der Waals surface area (Å²) in [6.07, 6.45) is 1.78. The molecule has 1 aromatic heterocycles. The molecule has 0 aliphatic carbocycles. The van der Waals surface area contributed by atoms with Gasteiger partial charge in [-0.3, -0.25) is 4.90 Å².